The van der Waals surface area contributed by atoms with E-state index in [0.717, 1.165) is 25.9 Å². The molecule has 1 aliphatic rings. The molecule has 1 unspecified atom stereocenters. The van der Waals surface area contributed by atoms with Crippen LogP contribution in [0.15, 0.2) is 23.0 Å². The number of fused-ring (bicyclic) bond motifs is 1. The molecule has 2 N–H and O–H groups in total. The SMILES string of the molecule is CCn1c(=S)[nH]c2cc(C(=O)NCCC3CCCO3)ccc2c1=O. The molecule has 0 saturated carbocycles. The predicted octanol–water partition coefficient (Wildman–Crippen LogP) is 2.38. The fourth-order valence-electron chi connectivity index (χ4n) is 3.00. The van der Waals surface area contributed by atoms with Gasteiger partial charge in [-0.25, -0.2) is 0 Å². The van der Waals surface area contributed by atoms with Gasteiger partial charge < -0.3 is 15.0 Å². The molecule has 0 spiro atoms. The highest BCUT2D eigenvalue weighted by molar-refractivity contribution is 7.71. The first-order chi connectivity index (χ1) is 11.6. The van der Waals surface area contributed by atoms with Crippen molar-refractivity contribution in [2.75, 3.05) is 13.2 Å². The molecule has 1 atom stereocenters. The molecule has 3 rings (SSSR count). The second-order valence-electron chi connectivity index (χ2n) is 5.92. The first-order valence-corrected chi connectivity index (χ1v) is 8.67. The number of aromatic amines is 1. The molecular formula is C17H21N3O3S. The van der Waals surface area contributed by atoms with Crippen LogP contribution < -0.4 is 10.9 Å². The van der Waals surface area contributed by atoms with E-state index < -0.39 is 0 Å². The molecule has 0 aliphatic carbocycles. The number of carbonyl (C=O) groups is 1. The molecule has 6 nitrogen and oxygen atoms in total. The Balaban J connectivity index is 1.76. The molecule has 1 aromatic heterocycles. The Hall–Kier alpha value is -1.99. The van der Waals surface area contributed by atoms with Crippen LogP contribution in [-0.4, -0.2) is 34.7 Å². The average Bonchev–Trinajstić information content (AvgIpc) is 3.08. The third-order valence-corrected chi connectivity index (χ3v) is 4.66. The van der Waals surface area contributed by atoms with Gasteiger partial charge in [-0.1, -0.05) is 0 Å². The summed E-state index contributed by atoms with van der Waals surface area (Å²) in [7, 11) is 0. The molecule has 2 heterocycles. The van der Waals surface area contributed by atoms with Crippen molar-refractivity contribution >= 4 is 29.0 Å². The van der Waals surface area contributed by atoms with E-state index in [9.17, 15) is 9.59 Å². The number of rotatable bonds is 5. The molecule has 128 valence electrons. The van der Waals surface area contributed by atoms with Gasteiger partial charge in [-0.05, 0) is 56.6 Å². The molecule has 1 saturated heterocycles. The topological polar surface area (TPSA) is 76.1 Å². The molecule has 24 heavy (non-hydrogen) atoms. The van der Waals surface area contributed by atoms with Gasteiger partial charge in [0.2, 0.25) is 0 Å². The van der Waals surface area contributed by atoms with Crippen LogP contribution in [0.25, 0.3) is 10.9 Å². The third-order valence-electron chi connectivity index (χ3n) is 4.34. The van der Waals surface area contributed by atoms with Crippen molar-refractivity contribution in [2.45, 2.75) is 38.8 Å². The second-order valence-corrected chi connectivity index (χ2v) is 6.31. The van der Waals surface area contributed by atoms with E-state index in [2.05, 4.69) is 10.3 Å². The van der Waals surface area contributed by atoms with Gasteiger partial charge in [0.25, 0.3) is 11.5 Å². The summed E-state index contributed by atoms with van der Waals surface area (Å²) in [6.45, 7) is 3.77. The van der Waals surface area contributed by atoms with E-state index in [4.69, 9.17) is 17.0 Å². The summed E-state index contributed by atoms with van der Waals surface area (Å²) < 4.78 is 7.41. The van der Waals surface area contributed by atoms with Crippen LogP contribution in [0.2, 0.25) is 0 Å². The van der Waals surface area contributed by atoms with Gasteiger partial charge >= 0.3 is 0 Å². The maximum atomic E-state index is 12.3. The average molecular weight is 347 g/mol. The van der Waals surface area contributed by atoms with Crippen molar-refractivity contribution in [3.05, 3.63) is 38.9 Å². The minimum absolute atomic E-state index is 0.137. The number of ether oxygens (including phenoxy) is 1. The molecule has 7 heteroatoms. The summed E-state index contributed by atoms with van der Waals surface area (Å²) in [5, 5.41) is 3.43. The van der Waals surface area contributed by atoms with Crippen molar-refractivity contribution in [3.8, 4) is 0 Å². The number of hydrogen-bond acceptors (Lipinski definition) is 4. The van der Waals surface area contributed by atoms with E-state index in [1.165, 1.54) is 4.57 Å². The van der Waals surface area contributed by atoms with Crippen LogP contribution in [0, 0.1) is 4.77 Å². The highest BCUT2D eigenvalue weighted by atomic mass is 32.1. The standard InChI is InChI=1S/C17H21N3O3S/c1-2-20-16(22)13-6-5-11(10-14(13)19-17(20)24)15(21)18-8-7-12-4-3-9-23-12/h5-6,10,12H,2-4,7-9H2,1H3,(H,18,21)(H,19,24). The Bertz CT molecular complexity index is 865. The lowest BCUT2D eigenvalue weighted by Gasteiger charge is -2.11. The number of benzene rings is 1. The van der Waals surface area contributed by atoms with Crippen molar-refractivity contribution < 1.29 is 9.53 Å². The van der Waals surface area contributed by atoms with E-state index >= 15 is 0 Å². The lowest BCUT2D eigenvalue weighted by Crippen LogP contribution is -2.27. The summed E-state index contributed by atoms with van der Waals surface area (Å²) in [6, 6.07) is 5.01. The summed E-state index contributed by atoms with van der Waals surface area (Å²) in [5.41, 5.74) is 0.956. The molecule has 1 aliphatic heterocycles. The van der Waals surface area contributed by atoms with E-state index in [0.29, 0.717) is 34.3 Å². The highest BCUT2D eigenvalue weighted by Crippen LogP contribution is 2.15. The third kappa shape index (κ3) is 3.42. The van der Waals surface area contributed by atoms with Gasteiger partial charge in [0.15, 0.2) is 4.77 Å². The van der Waals surface area contributed by atoms with E-state index in [1.54, 1.807) is 18.2 Å². The van der Waals surface area contributed by atoms with Gasteiger partial charge in [0.1, 0.15) is 0 Å². The first kappa shape index (κ1) is 16.9. The fourth-order valence-corrected chi connectivity index (χ4v) is 3.33. The summed E-state index contributed by atoms with van der Waals surface area (Å²) in [5.74, 6) is -0.158. The van der Waals surface area contributed by atoms with Gasteiger partial charge in [-0.15, -0.1) is 0 Å². The van der Waals surface area contributed by atoms with E-state index in [1.807, 2.05) is 6.92 Å². The second kappa shape index (κ2) is 7.27. The highest BCUT2D eigenvalue weighted by Gasteiger charge is 2.15. The van der Waals surface area contributed by atoms with Crippen LogP contribution in [-0.2, 0) is 11.3 Å². The van der Waals surface area contributed by atoms with Crippen LogP contribution in [0.5, 0.6) is 0 Å². The Labute approximate surface area is 144 Å². The summed E-state index contributed by atoms with van der Waals surface area (Å²) in [4.78, 5) is 27.6. The van der Waals surface area contributed by atoms with Crippen LogP contribution in [0.3, 0.4) is 0 Å². The number of amides is 1. The zero-order valence-corrected chi connectivity index (χ0v) is 14.4. The van der Waals surface area contributed by atoms with Crippen molar-refractivity contribution in [3.63, 3.8) is 0 Å². The van der Waals surface area contributed by atoms with Crippen molar-refractivity contribution in [1.82, 2.24) is 14.9 Å². The molecule has 1 aromatic carbocycles. The number of carbonyl (C=O) groups excluding carboxylic acids is 1. The lowest BCUT2D eigenvalue weighted by atomic mass is 10.1. The van der Waals surface area contributed by atoms with Crippen LogP contribution in [0.4, 0.5) is 0 Å². The monoisotopic (exact) mass is 347 g/mol. The molecule has 0 bridgehead atoms. The minimum Gasteiger partial charge on any atom is -0.378 e. The number of hydrogen-bond donors (Lipinski definition) is 2. The molecule has 1 amide bonds. The van der Waals surface area contributed by atoms with Crippen molar-refractivity contribution in [1.29, 1.82) is 0 Å². The maximum absolute atomic E-state index is 12.3. The van der Waals surface area contributed by atoms with Crippen molar-refractivity contribution in [2.24, 2.45) is 0 Å². The Morgan fingerprint density at radius 1 is 1.50 bits per heavy atom. The van der Waals surface area contributed by atoms with E-state index in [-0.39, 0.29) is 17.6 Å². The van der Waals surface area contributed by atoms with Crippen LogP contribution in [0.1, 0.15) is 36.5 Å². The number of aromatic nitrogens is 2. The number of nitrogens with zero attached hydrogens (tertiary/aromatic N) is 1. The summed E-state index contributed by atoms with van der Waals surface area (Å²) in [6.07, 6.45) is 3.23. The lowest BCUT2D eigenvalue weighted by molar-refractivity contribution is 0.0907. The Morgan fingerprint density at radius 3 is 3.04 bits per heavy atom. The Kier molecular flexibility index (Phi) is 5.11. The molecule has 2 aromatic rings. The maximum Gasteiger partial charge on any atom is 0.262 e. The normalized spacial score (nSPS) is 17.3. The van der Waals surface area contributed by atoms with Gasteiger partial charge in [0.05, 0.1) is 17.0 Å². The molecular weight excluding hydrogens is 326 g/mol. The Morgan fingerprint density at radius 2 is 2.33 bits per heavy atom. The van der Waals surface area contributed by atoms with Gasteiger partial charge in [0, 0.05) is 25.3 Å². The van der Waals surface area contributed by atoms with Crippen LogP contribution >= 0.6 is 12.2 Å². The van der Waals surface area contributed by atoms with Gasteiger partial charge in [-0.2, -0.15) is 0 Å². The first-order valence-electron chi connectivity index (χ1n) is 8.27. The summed E-state index contributed by atoms with van der Waals surface area (Å²) >= 11 is 5.20. The zero-order chi connectivity index (χ0) is 17.1. The quantitative estimate of drug-likeness (QED) is 0.814. The smallest absolute Gasteiger partial charge is 0.262 e. The molecule has 1 fully saturated rings. The number of H-pyrrole nitrogens is 1. The number of nitrogens with one attached hydrogen (secondary N) is 2. The molecule has 0 radical (unpaired) electrons. The van der Waals surface area contributed by atoms with Gasteiger partial charge in [-0.3, -0.25) is 14.2 Å². The largest absolute Gasteiger partial charge is 0.378 e. The zero-order valence-electron chi connectivity index (χ0n) is 13.6. The predicted molar refractivity (Wildman–Crippen MR) is 95.0 cm³/mol. The fraction of sp³-hybridized carbons (Fsp3) is 0.471. The minimum atomic E-state index is -0.158.